The number of nitrogens with one attached hydrogen (secondary N) is 1. The molecular weight excluding hydrogens is 394 g/mol. The molecule has 8 heteroatoms. The largest absolute Gasteiger partial charge is 0.369 e. The number of hydrogen-bond acceptors (Lipinski definition) is 7. The zero-order chi connectivity index (χ0) is 20.5. The van der Waals surface area contributed by atoms with Crippen molar-refractivity contribution in [2.45, 2.75) is 19.9 Å². The van der Waals surface area contributed by atoms with E-state index in [-0.39, 0.29) is 0 Å². The van der Waals surface area contributed by atoms with Crippen LogP contribution in [0.25, 0.3) is 16.9 Å². The van der Waals surface area contributed by atoms with E-state index >= 15 is 0 Å². The molecule has 1 aliphatic rings. The molecule has 4 heterocycles. The number of benzene rings is 1. The molecule has 1 aromatic carbocycles. The van der Waals surface area contributed by atoms with E-state index in [0.717, 1.165) is 43.1 Å². The Morgan fingerprint density at radius 1 is 1.03 bits per heavy atom. The van der Waals surface area contributed by atoms with Gasteiger partial charge in [0.25, 0.3) is 0 Å². The molecule has 0 atom stereocenters. The van der Waals surface area contributed by atoms with Crippen LogP contribution >= 0.6 is 11.3 Å². The molecule has 1 N–H and O–H groups in total. The van der Waals surface area contributed by atoms with Crippen LogP contribution in [0.4, 0.5) is 17.2 Å². The molecule has 0 unspecified atom stereocenters. The predicted octanol–water partition coefficient (Wildman–Crippen LogP) is 4.13. The molecule has 0 amide bonds. The molecule has 0 spiro atoms. The summed E-state index contributed by atoms with van der Waals surface area (Å²) < 4.78 is 1.77. The van der Waals surface area contributed by atoms with Gasteiger partial charge in [-0.05, 0) is 49.6 Å². The van der Waals surface area contributed by atoms with Crippen LogP contribution in [0.15, 0.2) is 53.6 Å². The Morgan fingerprint density at radius 3 is 2.53 bits per heavy atom. The number of rotatable bonds is 5. The van der Waals surface area contributed by atoms with Gasteiger partial charge in [-0.3, -0.25) is 4.90 Å². The highest BCUT2D eigenvalue weighted by atomic mass is 32.1. The van der Waals surface area contributed by atoms with Gasteiger partial charge in [0.2, 0.25) is 0 Å². The van der Waals surface area contributed by atoms with Gasteiger partial charge in [-0.2, -0.15) is 16.4 Å². The molecule has 0 aliphatic carbocycles. The first-order valence-electron chi connectivity index (χ1n) is 10.3. The van der Waals surface area contributed by atoms with E-state index in [1.807, 2.05) is 6.20 Å². The van der Waals surface area contributed by atoms with Crippen molar-refractivity contribution >= 4 is 34.2 Å². The van der Waals surface area contributed by atoms with Crippen LogP contribution in [-0.2, 0) is 0 Å². The zero-order valence-electron chi connectivity index (χ0n) is 17.2. The number of nitrogens with zero attached hydrogens (tertiary/aromatic N) is 6. The molecule has 3 aromatic heterocycles. The van der Waals surface area contributed by atoms with Crippen LogP contribution < -0.4 is 10.2 Å². The van der Waals surface area contributed by atoms with E-state index in [0.29, 0.717) is 17.5 Å². The second-order valence-corrected chi connectivity index (χ2v) is 8.58. The Morgan fingerprint density at radius 2 is 1.83 bits per heavy atom. The fourth-order valence-electron chi connectivity index (χ4n) is 3.85. The number of fused-ring (bicyclic) bond motifs is 1. The third-order valence-electron chi connectivity index (χ3n) is 5.62. The first-order valence-corrected chi connectivity index (χ1v) is 11.2. The van der Waals surface area contributed by atoms with Gasteiger partial charge in [0.15, 0.2) is 11.5 Å². The number of thiophene rings is 1. The Labute approximate surface area is 180 Å². The van der Waals surface area contributed by atoms with Crippen LogP contribution in [0.3, 0.4) is 0 Å². The van der Waals surface area contributed by atoms with Crippen LogP contribution in [0.5, 0.6) is 0 Å². The standard InChI is InChI=1S/C22H25N7S/c1-16(2)27-8-10-28(11-9-27)19-5-3-18(4-6-19)25-21-22-23-15-24-29(22)13-20(26-21)17-7-12-30-14-17/h3-7,12-16H,8-11H2,1-2H3,(H,25,26). The van der Waals surface area contributed by atoms with Crippen molar-refractivity contribution in [3.63, 3.8) is 0 Å². The summed E-state index contributed by atoms with van der Waals surface area (Å²) in [7, 11) is 0. The van der Waals surface area contributed by atoms with Gasteiger partial charge >= 0.3 is 0 Å². The van der Waals surface area contributed by atoms with E-state index in [1.54, 1.807) is 22.2 Å². The van der Waals surface area contributed by atoms with Gasteiger partial charge in [-0.25, -0.2) is 14.5 Å². The second-order valence-electron chi connectivity index (χ2n) is 7.80. The minimum absolute atomic E-state index is 0.616. The molecule has 1 aliphatic heterocycles. The molecule has 0 bridgehead atoms. The third kappa shape index (κ3) is 3.76. The Bertz CT molecular complexity index is 1110. The summed E-state index contributed by atoms with van der Waals surface area (Å²) in [6.45, 7) is 8.89. The maximum atomic E-state index is 4.80. The SMILES string of the molecule is CC(C)N1CCN(c2ccc(Nc3nc(-c4ccsc4)cn4ncnc34)cc2)CC1. The lowest BCUT2D eigenvalue weighted by atomic mass is 10.2. The molecule has 154 valence electrons. The monoisotopic (exact) mass is 419 g/mol. The summed E-state index contributed by atoms with van der Waals surface area (Å²) in [6, 6.07) is 11.2. The maximum Gasteiger partial charge on any atom is 0.198 e. The van der Waals surface area contributed by atoms with Gasteiger partial charge in [-0.1, -0.05) is 0 Å². The topological polar surface area (TPSA) is 61.6 Å². The van der Waals surface area contributed by atoms with Gasteiger partial charge in [-0.15, -0.1) is 0 Å². The number of hydrogen-bond donors (Lipinski definition) is 1. The molecule has 30 heavy (non-hydrogen) atoms. The zero-order valence-corrected chi connectivity index (χ0v) is 18.0. The van der Waals surface area contributed by atoms with Gasteiger partial charge in [0, 0.05) is 54.5 Å². The molecule has 0 saturated carbocycles. The quantitative estimate of drug-likeness (QED) is 0.525. The average Bonchev–Trinajstić information content (AvgIpc) is 3.46. The van der Waals surface area contributed by atoms with Crippen molar-refractivity contribution in [3.05, 3.63) is 53.6 Å². The highest BCUT2D eigenvalue weighted by molar-refractivity contribution is 7.08. The summed E-state index contributed by atoms with van der Waals surface area (Å²) in [4.78, 5) is 14.2. The summed E-state index contributed by atoms with van der Waals surface area (Å²) in [5, 5.41) is 11.9. The number of anilines is 3. The van der Waals surface area contributed by atoms with Crippen LogP contribution in [0.2, 0.25) is 0 Å². The summed E-state index contributed by atoms with van der Waals surface area (Å²) in [6.07, 6.45) is 3.47. The van der Waals surface area contributed by atoms with Crippen LogP contribution in [0.1, 0.15) is 13.8 Å². The molecule has 1 fully saturated rings. The van der Waals surface area contributed by atoms with Crippen molar-refractivity contribution in [2.75, 3.05) is 36.4 Å². The summed E-state index contributed by atoms with van der Waals surface area (Å²) in [5.74, 6) is 0.703. The summed E-state index contributed by atoms with van der Waals surface area (Å²) >= 11 is 1.66. The number of piperazine rings is 1. The second kappa shape index (κ2) is 8.04. The first kappa shape index (κ1) is 19.0. The lowest BCUT2D eigenvalue weighted by Gasteiger charge is -2.38. The average molecular weight is 420 g/mol. The molecule has 4 aromatic rings. The highest BCUT2D eigenvalue weighted by Crippen LogP contribution is 2.26. The fourth-order valence-corrected chi connectivity index (χ4v) is 4.50. The van der Waals surface area contributed by atoms with E-state index in [4.69, 9.17) is 4.98 Å². The van der Waals surface area contributed by atoms with Crippen molar-refractivity contribution < 1.29 is 0 Å². The Hall–Kier alpha value is -2.97. The van der Waals surface area contributed by atoms with E-state index in [1.165, 1.54) is 5.69 Å². The highest BCUT2D eigenvalue weighted by Gasteiger charge is 2.19. The van der Waals surface area contributed by atoms with Gasteiger partial charge in [0.1, 0.15) is 6.33 Å². The first-order chi connectivity index (χ1) is 14.7. The van der Waals surface area contributed by atoms with E-state index < -0.39 is 0 Å². The van der Waals surface area contributed by atoms with Crippen molar-refractivity contribution in [3.8, 4) is 11.3 Å². The molecule has 5 rings (SSSR count). The molecule has 1 saturated heterocycles. The molecule has 7 nitrogen and oxygen atoms in total. The lowest BCUT2D eigenvalue weighted by Crippen LogP contribution is -2.48. The van der Waals surface area contributed by atoms with Crippen molar-refractivity contribution in [2.24, 2.45) is 0 Å². The molecular formula is C22H25N7S. The lowest BCUT2D eigenvalue weighted by molar-refractivity contribution is 0.209. The Kier molecular flexibility index (Phi) is 5.10. The smallest absolute Gasteiger partial charge is 0.198 e. The van der Waals surface area contributed by atoms with Gasteiger partial charge < -0.3 is 10.2 Å². The van der Waals surface area contributed by atoms with E-state index in [9.17, 15) is 0 Å². The summed E-state index contributed by atoms with van der Waals surface area (Å²) in [5.41, 5.74) is 4.91. The molecule has 0 radical (unpaired) electrons. The Balaban J connectivity index is 1.35. The van der Waals surface area contributed by atoms with Crippen molar-refractivity contribution in [1.29, 1.82) is 0 Å². The predicted molar refractivity (Wildman–Crippen MR) is 123 cm³/mol. The minimum Gasteiger partial charge on any atom is -0.369 e. The minimum atomic E-state index is 0.616. The van der Waals surface area contributed by atoms with Crippen LogP contribution in [-0.4, -0.2) is 56.7 Å². The van der Waals surface area contributed by atoms with Crippen LogP contribution in [0, 0.1) is 0 Å². The van der Waals surface area contributed by atoms with Crippen molar-refractivity contribution in [1.82, 2.24) is 24.5 Å². The van der Waals surface area contributed by atoms with E-state index in [2.05, 4.69) is 80.1 Å². The normalized spacial score (nSPS) is 15.2. The van der Waals surface area contributed by atoms with Gasteiger partial charge in [0.05, 0.1) is 11.9 Å². The maximum absolute atomic E-state index is 4.80. The third-order valence-corrected chi connectivity index (χ3v) is 6.30. The number of aromatic nitrogens is 4. The fraction of sp³-hybridized carbons (Fsp3) is 0.318.